The topological polar surface area (TPSA) is 41.9 Å². The highest BCUT2D eigenvalue weighted by atomic mass is 19.1. The number of hydrogen-bond acceptors (Lipinski definition) is 3. The Labute approximate surface area is 175 Å². The predicted molar refractivity (Wildman–Crippen MR) is 117 cm³/mol. The highest BCUT2D eigenvalue weighted by Crippen LogP contribution is 2.29. The van der Waals surface area contributed by atoms with Gasteiger partial charge in [-0.15, -0.1) is 0 Å². The monoisotopic (exact) mass is 400 g/mol. The molecule has 0 aromatic heterocycles. The van der Waals surface area contributed by atoms with Gasteiger partial charge >= 0.3 is 0 Å². The molecule has 1 amide bonds. The van der Waals surface area contributed by atoms with E-state index >= 15 is 0 Å². The minimum atomic E-state index is -0.341. The van der Waals surface area contributed by atoms with Crippen molar-refractivity contribution in [1.29, 1.82) is 0 Å². The fourth-order valence-electron chi connectivity index (χ4n) is 3.23. The van der Waals surface area contributed by atoms with Crippen LogP contribution in [0.2, 0.25) is 0 Å². The second kappa shape index (κ2) is 8.33. The van der Waals surface area contributed by atoms with Crippen LogP contribution in [0.5, 0.6) is 5.75 Å². The van der Waals surface area contributed by atoms with Gasteiger partial charge in [0, 0.05) is 5.56 Å². The molecule has 4 rings (SSSR count). The molecular weight excluding hydrogens is 379 g/mol. The van der Waals surface area contributed by atoms with Crippen LogP contribution in [0.15, 0.2) is 83.5 Å². The van der Waals surface area contributed by atoms with Crippen molar-refractivity contribution in [2.75, 3.05) is 11.5 Å². The Kier molecular flexibility index (Phi) is 5.44. The summed E-state index contributed by atoms with van der Waals surface area (Å²) >= 11 is 0. The van der Waals surface area contributed by atoms with Crippen molar-refractivity contribution in [2.24, 2.45) is 4.99 Å². The van der Waals surface area contributed by atoms with Crippen LogP contribution in [-0.4, -0.2) is 18.3 Å². The van der Waals surface area contributed by atoms with Crippen LogP contribution in [-0.2, 0) is 4.79 Å². The van der Waals surface area contributed by atoms with Crippen molar-refractivity contribution in [3.63, 3.8) is 0 Å². The molecule has 1 heterocycles. The first-order valence-electron chi connectivity index (χ1n) is 9.75. The maximum absolute atomic E-state index is 13.4. The van der Waals surface area contributed by atoms with Gasteiger partial charge in [-0.3, -0.25) is 9.69 Å². The van der Waals surface area contributed by atoms with Crippen molar-refractivity contribution in [3.8, 4) is 5.75 Å². The fraction of sp³-hybridized carbons (Fsp3) is 0.120. The van der Waals surface area contributed by atoms with Crippen LogP contribution in [0, 0.1) is 12.7 Å². The molecule has 1 aliphatic rings. The first-order chi connectivity index (χ1) is 14.5. The van der Waals surface area contributed by atoms with Gasteiger partial charge in [0.15, 0.2) is 0 Å². The molecule has 150 valence electrons. The molecule has 0 N–H and O–H groups in total. The largest absolute Gasteiger partial charge is 0.494 e. The van der Waals surface area contributed by atoms with E-state index in [4.69, 9.17) is 4.74 Å². The van der Waals surface area contributed by atoms with Gasteiger partial charge in [0.1, 0.15) is 23.1 Å². The van der Waals surface area contributed by atoms with E-state index < -0.39 is 0 Å². The Morgan fingerprint density at radius 1 is 0.967 bits per heavy atom. The molecule has 0 bridgehead atoms. The SMILES string of the molecule is CCOc1ccc(N2C(=O)/C(=C\c3ccc(C)cc3)N=C2c2ccc(F)cc2)cc1. The molecule has 30 heavy (non-hydrogen) atoms. The Balaban J connectivity index is 1.76. The van der Waals surface area contributed by atoms with Crippen LogP contribution >= 0.6 is 0 Å². The van der Waals surface area contributed by atoms with E-state index in [0.717, 1.165) is 16.9 Å². The Hall–Kier alpha value is -3.73. The normalized spacial score (nSPS) is 14.9. The molecule has 0 saturated heterocycles. The minimum Gasteiger partial charge on any atom is -0.494 e. The summed E-state index contributed by atoms with van der Waals surface area (Å²) in [5.74, 6) is 0.608. The number of aryl methyl sites for hydroxylation is 1. The average molecular weight is 400 g/mol. The Bertz CT molecular complexity index is 1120. The van der Waals surface area contributed by atoms with Crippen molar-refractivity contribution in [1.82, 2.24) is 0 Å². The molecular formula is C25H21FN2O2. The summed E-state index contributed by atoms with van der Waals surface area (Å²) in [5, 5.41) is 0. The quantitative estimate of drug-likeness (QED) is 0.541. The molecule has 3 aromatic carbocycles. The first kappa shape index (κ1) is 19.6. The molecule has 0 atom stereocenters. The summed E-state index contributed by atoms with van der Waals surface area (Å²) in [4.78, 5) is 19.4. The number of aliphatic imine (C=N–C) groups is 1. The number of hydrogen-bond donors (Lipinski definition) is 0. The van der Waals surface area contributed by atoms with Crippen LogP contribution in [0.4, 0.5) is 10.1 Å². The third-order valence-corrected chi connectivity index (χ3v) is 4.75. The van der Waals surface area contributed by atoms with E-state index in [1.165, 1.54) is 12.1 Å². The van der Waals surface area contributed by atoms with E-state index in [2.05, 4.69) is 4.99 Å². The zero-order chi connectivity index (χ0) is 21.1. The standard InChI is InChI=1S/C25H21FN2O2/c1-3-30-22-14-12-21(13-15-22)28-24(19-8-10-20(26)11-9-19)27-23(25(28)29)16-18-6-4-17(2)5-7-18/h4-16H,3H2,1-2H3/b23-16+. The van der Waals surface area contributed by atoms with Crippen LogP contribution in [0.3, 0.4) is 0 Å². The van der Waals surface area contributed by atoms with Gasteiger partial charge in [-0.05, 0) is 74.0 Å². The Morgan fingerprint density at radius 3 is 2.27 bits per heavy atom. The van der Waals surface area contributed by atoms with E-state index in [0.29, 0.717) is 29.4 Å². The molecule has 4 nitrogen and oxygen atoms in total. The third kappa shape index (κ3) is 4.01. The van der Waals surface area contributed by atoms with Gasteiger partial charge in [0.2, 0.25) is 0 Å². The number of amides is 1. The van der Waals surface area contributed by atoms with Crippen LogP contribution in [0.25, 0.3) is 6.08 Å². The number of carbonyl (C=O) groups excluding carboxylic acids is 1. The molecule has 0 fully saturated rings. The predicted octanol–water partition coefficient (Wildman–Crippen LogP) is 5.37. The summed E-state index contributed by atoms with van der Waals surface area (Å²) in [6, 6.07) is 21.1. The molecule has 0 saturated carbocycles. The van der Waals surface area contributed by atoms with Gasteiger partial charge < -0.3 is 4.74 Å². The summed E-state index contributed by atoms with van der Waals surface area (Å²) in [7, 11) is 0. The third-order valence-electron chi connectivity index (χ3n) is 4.75. The van der Waals surface area contributed by atoms with Gasteiger partial charge in [-0.25, -0.2) is 9.38 Å². The number of rotatable bonds is 5. The lowest BCUT2D eigenvalue weighted by Gasteiger charge is -2.19. The molecule has 1 aliphatic heterocycles. The highest BCUT2D eigenvalue weighted by molar-refractivity contribution is 6.33. The summed E-state index contributed by atoms with van der Waals surface area (Å²) in [6.07, 6.45) is 1.76. The smallest absolute Gasteiger partial charge is 0.282 e. The zero-order valence-corrected chi connectivity index (χ0v) is 16.8. The van der Waals surface area contributed by atoms with Crippen molar-refractivity contribution in [2.45, 2.75) is 13.8 Å². The second-order valence-corrected chi connectivity index (χ2v) is 6.95. The average Bonchev–Trinajstić information content (AvgIpc) is 3.07. The van der Waals surface area contributed by atoms with Crippen LogP contribution < -0.4 is 9.64 Å². The van der Waals surface area contributed by atoms with Crippen molar-refractivity contribution in [3.05, 3.63) is 101 Å². The number of nitrogens with zero attached hydrogens (tertiary/aromatic N) is 2. The Morgan fingerprint density at radius 2 is 1.63 bits per heavy atom. The highest BCUT2D eigenvalue weighted by Gasteiger charge is 2.32. The number of carbonyl (C=O) groups is 1. The molecule has 0 spiro atoms. The fourth-order valence-corrected chi connectivity index (χ4v) is 3.23. The van der Waals surface area contributed by atoms with E-state index in [1.807, 2.05) is 62.4 Å². The maximum atomic E-state index is 13.4. The van der Waals surface area contributed by atoms with Gasteiger partial charge in [-0.2, -0.15) is 0 Å². The molecule has 5 heteroatoms. The summed E-state index contributed by atoms with van der Waals surface area (Å²) < 4.78 is 18.9. The molecule has 0 unspecified atom stereocenters. The second-order valence-electron chi connectivity index (χ2n) is 6.95. The number of halogens is 1. The van der Waals surface area contributed by atoms with Crippen molar-refractivity contribution >= 4 is 23.5 Å². The van der Waals surface area contributed by atoms with Crippen LogP contribution in [0.1, 0.15) is 23.6 Å². The first-order valence-corrected chi connectivity index (χ1v) is 9.75. The van der Waals surface area contributed by atoms with E-state index in [1.54, 1.807) is 23.1 Å². The molecule has 3 aromatic rings. The molecule has 0 aliphatic carbocycles. The lowest BCUT2D eigenvalue weighted by Crippen LogP contribution is -2.32. The number of anilines is 1. The van der Waals surface area contributed by atoms with Gasteiger partial charge in [-0.1, -0.05) is 29.8 Å². The summed E-state index contributed by atoms with van der Waals surface area (Å²) in [5.41, 5.74) is 3.68. The van der Waals surface area contributed by atoms with E-state index in [9.17, 15) is 9.18 Å². The van der Waals surface area contributed by atoms with Gasteiger partial charge in [0.25, 0.3) is 5.91 Å². The minimum absolute atomic E-state index is 0.237. The zero-order valence-electron chi connectivity index (χ0n) is 16.8. The number of ether oxygens (including phenoxy) is 1. The lowest BCUT2D eigenvalue weighted by molar-refractivity contribution is -0.113. The lowest BCUT2D eigenvalue weighted by atomic mass is 10.1. The summed E-state index contributed by atoms with van der Waals surface area (Å²) in [6.45, 7) is 4.49. The van der Waals surface area contributed by atoms with Crippen molar-refractivity contribution < 1.29 is 13.9 Å². The number of amidine groups is 1. The maximum Gasteiger partial charge on any atom is 0.282 e. The van der Waals surface area contributed by atoms with E-state index in [-0.39, 0.29) is 11.7 Å². The van der Waals surface area contributed by atoms with Gasteiger partial charge in [0.05, 0.1) is 12.3 Å². The number of benzene rings is 3. The molecule has 0 radical (unpaired) electrons.